The normalized spacial score (nSPS) is 11.1. The van der Waals surface area contributed by atoms with Crippen molar-refractivity contribution in [1.82, 2.24) is 15.3 Å². The minimum Gasteiger partial charge on any atom is -0.451 e. The SMILES string of the molecule is O=C(NCc1nc2ccccc2[nH]1)c1cc(=O)c2cc(Cl)ccc2o1. The lowest BCUT2D eigenvalue weighted by Gasteiger charge is -2.04. The molecule has 2 N–H and O–H groups in total. The quantitative estimate of drug-likeness (QED) is 0.591. The Morgan fingerprint density at radius 1 is 1.20 bits per heavy atom. The Labute approximate surface area is 146 Å². The number of nitrogens with zero attached hydrogens (tertiary/aromatic N) is 1. The van der Waals surface area contributed by atoms with E-state index >= 15 is 0 Å². The van der Waals surface area contributed by atoms with Gasteiger partial charge in [0.1, 0.15) is 11.4 Å². The van der Waals surface area contributed by atoms with E-state index in [1.807, 2.05) is 24.3 Å². The second-order valence-corrected chi connectivity index (χ2v) is 5.94. The molecule has 0 aliphatic carbocycles. The van der Waals surface area contributed by atoms with Gasteiger partial charge < -0.3 is 14.7 Å². The molecule has 0 saturated heterocycles. The van der Waals surface area contributed by atoms with Crippen LogP contribution in [0.25, 0.3) is 22.0 Å². The number of carbonyl (C=O) groups is 1. The molecule has 1 amide bonds. The predicted molar refractivity (Wildman–Crippen MR) is 94.8 cm³/mol. The average Bonchev–Trinajstić information content (AvgIpc) is 3.03. The number of rotatable bonds is 3. The van der Waals surface area contributed by atoms with E-state index in [9.17, 15) is 9.59 Å². The van der Waals surface area contributed by atoms with Crippen molar-refractivity contribution in [1.29, 1.82) is 0 Å². The molecule has 0 atom stereocenters. The molecule has 0 aliphatic rings. The highest BCUT2D eigenvalue weighted by Crippen LogP contribution is 2.17. The maximum Gasteiger partial charge on any atom is 0.287 e. The summed E-state index contributed by atoms with van der Waals surface area (Å²) in [5.74, 6) is 0.0646. The first kappa shape index (κ1) is 15.4. The third-order valence-electron chi connectivity index (χ3n) is 3.77. The van der Waals surface area contributed by atoms with Gasteiger partial charge in [-0.05, 0) is 30.3 Å². The summed E-state index contributed by atoms with van der Waals surface area (Å²) in [6.45, 7) is 0.190. The molecule has 2 heterocycles. The fourth-order valence-electron chi connectivity index (χ4n) is 2.58. The molecule has 6 nitrogen and oxygen atoms in total. The zero-order chi connectivity index (χ0) is 17.4. The molecular formula is C18H12ClN3O3. The summed E-state index contributed by atoms with van der Waals surface area (Å²) in [5.41, 5.74) is 1.70. The van der Waals surface area contributed by atoms with Gasteiger partial charge >= 0.3 is 0 Å². The van der Waals surface area contributed by atoms with Gasteiger partial charge in [0.15, 0.2) is 11.2 Å². The van der Waals surface area contributed by atoms with Gasteiger partial charge in [-0.1, -0.05) is 23.7 Å². The number of benzene rings is 2. The Bertz CT molecular complexity index is 1130. The Kier molecular flexibility index (Phi) is 3.74. The van der Waals surface area contributed by atoms with Crippen LogP contribution in [0.3, 0.4) is 0 Å². The summed E-state index contributed by atoms with van der Waals surface area (Å²) < 4.78 is 5.51. The fourth-order valence-corrected chi connectivity index (χ4v) is 2.75. The lowest BCUT2D eigenvalue weighted by atomic mass is 10.2. The third kappa shape index (κ3) is 2.99. The van der Waals surface area contributed by atoms with E-state index in [0.717, 1.165) is 17.1 Å². The molecule has 0 aliphatic heterocycles. The lowest BCUT2D eigenvalue weighted by molar-refractivity contribution is 0.0923. The van der Waals surface area contributed by atoms with Crippen molar-refractivity contribution in [3.8, 4) is 0 Å². The summed E-state index contributed by atoms with van der Waals surface area (Å²) in [4.78, 5) is 31.9. The summed E-state index contributed by atoms with van der Waals surface area (Å²) in [6, 6.07) is 13.4. The van der Waals surface area contributed by atoms with Crippen LogP contribution in [0, 0.1) is 0 Å². The summed E-state index contributed by atoms with van der Waals surface area (Å²) in [7, 11) is 0. The molecule has 124 valence electrons. The molecule has 25 heavy (non-hydrogen) atoms. The zero-order valence-corrected chi connectivity index (χ0v) is 13.6. The van der Waals surface area contributed by atoms with E-state index in [-0.39, 0.29) is 17.7 Å². The van der Waals surface area contributed by atoms with Crippen LogP contribution >= 0.6 is 11.6 Å². The van der Waals surface area contributed by atoms with E-state index in [1.165, 1.54) is 6.07 Å². The number of imidazole rings is 1. The molecule has 4 aromatic rings. The van der Waals surface area contributed by atoms with Crippen molar-refractivity contribution < 1.29 is 9.21 Å². The molecule has 0 saturated carbocycles. The van der Waals surface area contributed by atoms with E-state index in [2.05, 4.69) is 15.3 Å². The van der Waals surface area contributed by atoms with Crippen LogP contribution in [-0.2, 0) is 6.54 Å². The van der Waals surface area contributed by atoms with Crippen molar-refractivity contribution in [3.63, 3.8) is 0 Å². The number of amides is 1. The first-order valence-corrected chi connectivity index (χ1v) is 7.93. The van der Waals surface area contributed by atoms with E-state index < -0.39 is 5.91 Å². The Morgan fingerprint density at radius 2 is 2.04 bits per heavy atom. The van der Waals surface area contributed by atoms with Crippen molar-refractivity contribution in [3.05, 3.63) is 75.4 Å². The summed E-state index contributed by atoms with van der Waals surface area (Å²) >= 11 is 5.87. The number of carbonyl (C=O) groups excluding carboxylic acids is 1. The van der Waals surface area contributed by atoms with Crippen LogP contribution in [-0.4, -0.2) is 15.9 Å². The van der Waals surface area contributed by atoms with Crippen molar-refractivity contribution in [2.75, 3.05) is 0 Å². The van der Waals surface area contributed by atoms with Crippen LogP contribution in [0.4, 0.5) is 0 Å². The second-order valence-electron chi connectivity index (χ2n) is 5.50. The zero-order valence-electron chi connectivity index (χ0n) is 12.9. The molecule has 0 spiro atoms. The number of hydrogen-bond donors (Lipinski definition) is 2. The highest BCUT2D eigenvalue weighted by molar-refractivity contribution is 6.31. The molecule has 2 aromatic carbocycles. The first-order chi connectivity index (χ1) is 12.1. The number of halogens is 1. The van der Waals surface area contributed by atoms with Crippen molar-refractivity contribution in [2.24, 2.45) is 0 Å². The standard InChI is InChI=1S/C18H12ClN3O3/c19-10-5-6-15-11(7-10)14(23)8-16(25-15)18(24)20-9-17-21-12-3-1-2-4-13(12)22-17/h1-8H,9H2,(H,20,24)(H,21,22). The van der Waals surface area contributed by atoms with Gasteiger partial charge in [0, 0.05) is 11.1 Å². The number of fused-ring (bicyclic) bond motifs is 2. The molecule has 4 rings (SSSR count). The van der Waals surface area contributed by atoms with Gasteiger partial charge in [-0.25, -0.2) is 4.98 Å². The third-order valence-corrected chi connectivity index (χ3v) is 4.00. The Balaban J connectivity index is 1.57. The molecule has 0 fully saturated rings. The van der Waals surface area contributed by atoms with Gasteiger partial charge in [-0.3, -0.25) is 9.59 Å². The lowest BCUT2D eigenvalue weighted by Crippen LogP contribution is -2.24. The maximum absolute atomic E-state index is 12.3. The fraction of sp³-hybridized carbons (Fsp3) is 0.0556. The number of nitrogens with one attached hydrogen (secondary N) is 2. The highest BCUT2D eigenvalue weighted by atomic mass is 35.5. The van der Waals surface area contributed by atoms with Gasteiger partial charge in [0.25, 0.3) is 5.91 Å². The Hall–Kier alpha value is -3.12. The molecular weight excluding hydrogens is 342 g/mol. The van der Waals surface area contributed by atoms with Crippen LogP contribution in [0.15, 0.2) is 57.7 Å². The monoisotopic (exact) mass is 353 g/mol. The van der Waals surface area contributed by atoms with Crippen molar-refractivity contribution >= 4 is 39.5 Å². The molecule has 7 heteroatoms. The minimum atomic E-state index is -0.491. The van der Waals surface area contributed by atoms with E-state index in [1.54, 1.807) is 12.1 Å². The van der Waals surface area contributed by atoms with E-state index in [4.69, 9.17) is 16.0 Å². The van der Waals surface area contributed by atoms with Gasteiger partial charge in [0.2, 0.25) is 0 Å². The molecule has 2 aromatic heterocycles. The van der Waals surface area contributed by atoms with E-state index in [0.29, 0.717) is 21.8 Å². The maximum atomic E-state index is 12.3. The second kappa shape index (κ2) is 6.07. The van der Waals surface area contributed by atoms with Gasteiger partial charge in [0.05, 0.1) is 23.0 Å². The number of para-hydroxylation sites is 2. The summed E-state index contributed by atoms with van der Waals surface area (Å²) in [6.07, 6.45) is 0. The van der Waals surface area contributed by atoms with Crippen LogP contribution in [0.1, 0.15) is 16.4 Å². The van der Waals surface area contributed by atoms with Crippen molar-refractivity contribution in [2.45, 2.75) is 6.54 Å². The van der Waals surface area contributed by atoms with Gasteiger partial charge in [-0.2, -0.15) is 0 Å². The predicted octanol–water partition coefficient (Wildman–Crippen LogP) is 3.25. The first-order valence-electron chi connectivity index (χ1n) is 7.55. The average molecular weight is 354 g/mol. The van der Waals surface area contributed by atoms with Gasteiger partial charge in [-0.15, -0.1) is 0 Å². The smallest absolute Gasteiger partial charge is 0.287 e. The number of aromatic nitrogens is 2. The number of aromatic amines is 1. The molecule has 0 unspecified atom stereocenters. The number of H-pyrrole nitrogens is 1. The molecule has 0 bridgehead atoms. The Morgan fingerprint density at radius 3 is 2.88 bits per heavy atom. The van der Waals surface area contributed by atoms with Crippen LogP contribution in [0.5, 0.6) is 0 Å². The number of hydrogen-bond acceptors (Lipinski definition) is 4. The van der Waals surface area contributed by atoms with Crippen LogP contribution < -0.4 is 10.7 Å². The topological polar surface area (TPSA) is 88.0 Å². The largest absolute Gasteiger partial charge is 0.451 e. The summed E-state index contributed by atoms with van der Waals surface area (Å²) in [5, 5.41) is 3.45. The van der Waals surface area contributed by atoms with Crippen LogP contribution in [0.2, 0.25) is 5.02 Å². The minimum absolute atomic E-state index is 0.0593. The molecule has 0 radical (unpaired) electrons. The highest BCUT2D eigenvalue weighted by Gasteiger charge is 2.13.